The summed E-state index contributed by atoms with van der Waals surface area (Å²) in [6, 6.07) is 4.20. The van der Waals surface area contributed by atoms with E-state index in [1.54, 1.807) is 11.3 Å². The Morgan fingerprint density at radius 3 is 3.00 bits per heavy atom. The fourth-order valence-corrected chi connectivity index (χ4v) is 2.98. The first-order valence-corrected chi connectivity index (χ1v) is 7.14. The van der Waals surface area contributed by atoms with E-state index in [4.69, 9.17) is 17.5 Å². The number of thiophene rings is 1. The maximum Gasteiger partial charge on any atom is 0.119 e. The summed E-state index contributed by atoms with van der Waals surface area (Å²) in [6.07, 6.45) is 2.93. The third-order valence-corrected chi connectivity index (χ3v) is 4.50. The minimum Gasteiger partial charge on any atom is -0.380 e. The molecule has 0 fully saturated rings. The summed E-state index contributed by atoms with van der Waals surface area (Å²) in [7, 11) is 0. The minimum absolute atomic E-state index is 0.757. The normalized spacial score (nSPS) is 9.81. The summed E-state index contributed by atoms with van der Waals surface area (Å²) in [5.74, 6) is 0. The van der Waals surface area contributed by atoms with Crippen molar-refractivity contribution in [2.75, 3.05) is 6.54 Å². The largest absolute Gasteiger partial charge is 0.380 e. The predicted molar refractivity (Wildman–Crippen MR) is 75.9 cm³/mol. The van der Waals surface area contributed by atoms with Crippen LogP contribution in [0.2, 0.25) is 0 Å². The molecule has 0 unspecified atom stereocenters. The predicted octanol–water partition coefficient (Wildman–Crippen LogP) is 3.64. The highest BCUT2D eigenvalue weighted by Gasteiger charge is 2.05. The van der Waals surface area contributed by atoms with Crippen molar-refractivity contribution in [1.82, 2.24) is 5.32 Å². The van der Waals surface area contributed by atoms with Crippen LogP contribution < -0.4 is 5.32 Å². The molecule has 1 aromatic rings. The van der Waals surface area contributed by atoms with Gasteiger partial charge in [-0.2, -0.15) is 5.26 Å². The lowest BCUT2D eigenvalue weighted by atomic mass is 10.2. The Labute approximate surface area is 114 Å². The van der Waals surface area contributed by atoms with Gasteiger partial charge in [-0.05, 0) is 41.3 Å². The Morgan fingerprint density at radius 1 is 1.69 bits per heavy atom. The lowest BCUT2D eigenvalue weighted by Gasteiger charge is -2.04. The molecule has 0 aliphatic carbocycles. The van der Waals surface area contributed by atoms with E-state index in [1.165, 1.54) is 4.88 Å². The van der Waals surface area contributed by atoms with Crippen molar-refractivity contribution in [2.24, 2.45) is 0 Å². The van der Waals surface area contributed by atoms with Crippen LogP contribution in [0.3, 0.4) is 0 Å². The number of aryl methyl sites for hydroxylation is 1. The average Bonchev–Trinajstić information content (AvgIpc) is 2.64. The molecule has 1 rings (SSSR count). The minimum atomic E-state index is 0.757. The van der Waals surface area contributed by atoms with E-state index in [0.717, 1.165) is 40.1 Å². The van der Waals surface area contributed by atoms with Gasteiger partial charge in [0.2, 0.25) is 0 Å². The van der Waals surface area contributed by atoms with Crippen molar-refractivity contribution < 1.29 is 0 Å². The summed E-state index contributed by atoms with van der Waals surface area (Å²) < 4.78 is 0.909. The van der Waals surface area contributed by atoms with E-state index in [1.807, 2.05) is 13.0 Å². The Hall–Kier alpha value is -0.440. The zero-order valence-electron chi connectivity index (χ0n) is 9.05. The van der Waals surface area contributed by atoms with Crippen LogP contribution in [0.1, 0.15) is 29.5 Å². The molecule has 1 N–H and O–H groups in total. The molecule has 1 heterocycles. The third-order valence-electron chi connectivity index (χ3n) is 2.08. The molecular weight excluding hydrogens is 304 g/mol. The van der Waals surface area contributed by atoms with Crippen molar-refractivity contribution in [3.8, 4) is 6.07 Å². The molecule has 0 saturated carbocycles. The van der Waals surface area contributed by atoms with Crippen LogP contribution in [0.4, 0.5) is 0 Å². The van der Waals surface area contributed by atoms with Gasteiger partial charge in [-0.15, -0.1) is 11.3 Å². The van der Waals surface area contributed by atoms with Crippen molar-refractivity contribution in [2.45, 2.75) is 26.2 Å². The van der Waals surface area contributed by atoms with Gasteiger partial charge in [-0.1, -0.05) is 19.1 Å². The van der Waals surface area contributed by atoms with Crippen LogP contribution in [-0.2, 0) is 6.42 Å². The second-order valence-corrected chi connectivity index (χ2v) is 5.79. The van der Waals surface area contributed by atoms with E-state index in [-0.39, 0.29) is 0 Å². The second-order valence-electron chi connectivity index (χ2n) is 3.31. The molecule has 0 bridgehead atoms. The number of thiocarbonyl (C=S) groups is 1. The van der Waals surface area contributed by atoms with Gasteiger partial charge in [-0.3, -0.25) is 0 Å². The van der Waals surface area contributed by atoms with Gasteiger partial charge in [0.05, 0.1) is 4.99 Å². The molecule has 1 aromatic heterocycles. The van der Waals surface area contributed by atoms with Crippen LogP contribution in [0.15, 0.2) is 10.5 Å². The number of hydrogen-bond acceptors (Lipinski definition) is 3. The quantitative estimate of drug-likeness (QED) is 0.665. The van der Waals surface area contributed by atoms with E-state index in [9.17, 15) is 0 Å². The number of rotatable bonds is 5. The van der Waals surface area contributed by atoms with Gasteiger partial charge in [0, 0.05) is 15.9 Å². The molecule has 2 nitrogen and oxygen atoms in total. The molecule has 0 saturated heterocycles. The molecule has 0 spiro atoms. The maximum atomic E-state index is 8.81. The van der Waals surface area contributed by atoms with Gasteiger partial charge in [0.1, 0.15) is 10.9 Å². The summed E-state index contributed by atoms with van der Waals surface area (Å²) in [4.78, 5) is 2.92. The van der Waals surface area contributed by atoms with Crippen LogP contribution in [0, 0.1) is 11.3 Å². The van der Waals surface area contributed by atoms with Crippen molar-refractivity contribution >= 4 is 44.5 Å². The van der Waals surface area contributed by atoms with Crippen LogP contribution in [0.25, 0.3) is 0 Å². The van der Waals surface area contributed by atoms with E-state index in [2.05, 4.69) is 27.3 Å². The number of halogens is 1. The van der Waals surface area contributed by atoms with E-state index in [0.29, 0.717) is 0 Å². The maximum absolute atomic E-state index is 8.81. The topological polar surface area (TPSA) is 35.8 Å². The van der Waals surface area contributed by atoms with Crippen LogP contribution in [0.5, 0.6) is 0 Å². The van der Waals surface area contributed by atoms with Crippen molar-refractivity contribution in [3.63, 3.8) is 0 Å². The van der Waals surface area contributed by atoms with Gasteiger partial charge < -0.3 is 5.32 Å². The summed E-state index contributed by atoms with van der Waals surface area (Å²) in [6.45, 7) is 2.95. The Morgan fingerprint density at radius 2 is 2.44 bits per heavy atom. The SMILES string of the molecule is CCC(=S)NCCCc1cc(Br)c(C#N)s1. The first-order valence-electron chi connectivity index (χ1n) is 5.12. The number of nitrogens with zero attached hydrogens (tertiary/aromatic N) is 1. The lowest BCUT2D eigenvalue weighted by Crippen LogP contribution is -2.21. The smallest absolute Gasteiger partial charge is 0.119 e. The molecule has 0 aromatic carbocycles. The fourth-order valence-electron chi connectivity index (χ4n) is 1.23. The zero-order valence-corrected chi connectivity index (χ0v) is 12.3. The molecular formula is C11H13BrN2S2. The van der Waals surface area contributed by atoms with E-state index >= 15 is 0 Å². The Balaban J connectivity index is 2.33. The summed E-state index contributed by atoms with van der Waals surface area (Å²) in [5.41, 5.74) is 0. The summed E-state index contributed by atoms with van der Waals surface area (Å²) >= 11 is 10.00. The van der Waals surface area contributed by atoms with Crippen molar-refractivity contribution in [1.29, 1.82) is 5.26 Å². The van der Waals surface area contributed by atoms with Crippen LogP contribution in [-0.4, -0.2) is 11.5 Å². The molecule has 16 heavy (non-hydrogen) atoms. The average molecular weight is 317 g/mol. The second kappa shape index (κ2) is 7.00. The highest BCUT2D eigenvalue weighted by atomic mass is 79.9. The van der Waals surface area contributed by atoms with Gasteiger partial charge >= 0.3 is 0 Å². The van der Waals surface area contributed by atoms with Crippen molar-refractivity contribution in [3.05, 3.63) is 20.3 Å². The van der Waals surface area contributed by atoms with E-state index < -0.39 is 0 Å². The molecule has 0 radical (unpaired) electrons. The molecule has 0 aliphatic rings. The zero-order chi connectivity index (χ0) is 12.0. The van der Waals surface area contributed by atoms with Gasteiger partial charge in [0.15, 0.2) is 0 Å². The first-order chi connectivity index (χ1) is 7.67. The molecule has 0 amide bonds. The molecule has 86 valence electrons. The Kier molecular flexibility index (Phi) is 5.96. The highest BCUT2D eigenvalue weighted by molar-refractivity contribution is 9.10. The number of nitriles is 1. The highest BCUT2D eigenvalue weighted by Crippen LogP contribution is 2.27. The summed E-state index contributed by atoms with van der Waals surface area (Å²) in [5, 5.41) is 12.0. The molecule has 0 aliphatic heterocycles. The molecule has 5 heteroatoms. The van der Waals surface area contributed by atoms with Gasteiger partial charge in [-0.25, -0.2) is 0 Å². The lowest BCUT2D eigenvalue weighted by molar-refractivity contribution is 0.778. The third kappa shape index (κ3) is 4.20. The number of hydrogen-bond donors (Lipinski definition) is 1. The monoisotopic (exact) mass is 316 g/mol. The van der Waals surface area contributed by atoms with Crippen LogP contribution >= 0.6 is 39.5 Å². The molecule has 0 atom stereocenters. The first kappa shape index (κ1) is 13.6. The standard InChI is InChI=1S/C11H13BrN2S2/c1-2-11(15)14-5-3-4-8-6-9(12)10(7-13)16-8/h6H,2-5H2,1H3,(H,14,15). The number of nitrogens with one attached hydrogen (secondary N) is 1. The van der Waals surface area contributed by atoms with Gasteiger partial charge in [0.25, 0.3) is 0 Å². The Bertz CT molecular complexity index is 407. The fraction of sp³-hybridized carbons (Fsp3) is 0.455.